The van der Waals surface area contributed by atoms with Gasteiger partial charge in [0.15, 0.2) is 11.5 Å². The van der Waals surface area contributed by atoms with Crippen LogP contribution in [0.25, 0.3) is 0 Å². The van der Waals surface area contributed by atoms with Gasteiger partial charge in [-0.15, -0.1) is 11.8 Å². The summed E-state index contributed by atoms with van der Waals surface area (Å²) in [6, 6.07) is 12.9. The molecule has 4 nitrogen and oxygen atoms in total. The van der Waals surface area contributed by atoms with E-state index in [0.717, 1.165) is 11.3 Å². The smallest absolute Gasteiger partial charge is 0.237 e. The van der Waals surface area contributed by atoms with Crippen molar-refractivity contribution in [1.29, 1.82) is 0 Å². The number of carbonyl (C=O) groups excluding carboxylic acids is 1. The number of hydrogen-bond acceptors (Lipinski definition) is 4. The SMILES string of the molecule is CC[C@@H](Sc1ccc(Cl)cc1)C(=O)Nc1ccc2c(c1)OCO2. The molecule has 1 atom stereocenters. The number of carbonyl (C=O) groups is 1. The highest BCUT2D eigenvalue weighted by atomic mass is 35.5. The van der Waals surface area contributed by atoms with Crippen LogP contribution in [0.15, 0.2) is 47.4 Å². The van der Waals surface area contributed by atoms with Crippen molar-refractivity contribution in [2.24, 2.45) is 0 Å². The maximum absolute atomic E-state index is 12.5. The number of fused-ring (bicyclic) bond motifs is 1. The molecule has 0 bridgehead atoms. The minimum Gasteiger partial charge on any atom is -0.454 e. The van der Waals surface area contributed by atoms with E-state index < -0.39 is 0 Å². The van der Waals surface area contributed by atoms with E-state index in [1.807, 2.05) is 37.3 Å². The largest absolute Gasteiger partial charge is 0.454 e. The number of anilines is 1. The molecule has 0 saturated carbocycles. The summed E-state index contributed by atoms with van der Waals surface area (Å²) in [4.78, 5) is 13.5. The molecular weight excluding hydrogens is 334 g/mol. The summed E-state index contributed by atoms with van der Waals surface area (Å²) >= 11 is 7.41. The molecule has 23 heavy (non-hydrogen) atoms. The zero-order valence-corrected chi connectivity index (χ0v) is 14.1. The Bertz CT molecular complexity index is 705. The molecule has 0 spiro atoms. The number of ether oxygens (including phenoxy) is 2. The zero-order chi connectivity index (χ0) is 16.2. The second-order valence-corrected chi connectivity index (χ2v) is 6.74. The zero-order valence-electron chi connectivity index (χ0n) is 12.5. The molecule has 0 aromatic heterocycles. The highest BCUT2D eigenvalue weighted by molar-refractivity contribution is 8.00. The van der Waals surface area contributed by atoms with Gasteiger partial charge in [0.1, 0.15) is 0 Å². The molecule has 120 valence electrons. The van der Waals surface area contributed by atoms with E-state index in [-0.39, 0.29) is 18.0 Å². The first-order valence-electron chi connectivity index (χ1n) is 7.28. The number of benzene rings is 2. The van der Waals surface area contributed by atoms with Crippen molar-refractivity contribution in [3.05, 3.63) is 47.5 Å². The van der Waals surface area contributed by atoms with Gasteiger partial charge in [-0.2, -0.15) is 0 Å². The third kappa shape index (κ3) is 3.92. The van der Waals surface area contributed by atoms with Crippen molar-refractivity contribution >= 4 is 35.0 Å². The Morgan fingerprint density at radius 3 is 2.70 bits per heavy atom. The highest BCUT2D eigenvalue weighted by Gasteiger charge is 2.19. The Labute approximate surface area is 144 Å². The van der Waals surface area contributed by atoms with Gasteiger partial charge >= 0.3 is 0 Å². The topological polar surface area (TPSA) is 47.6 Å². The van der Waals surface area contributed by atoms with Crippen LogP contribution >= 0.6 is 23.4 Å². The predicted octanol–water partition coefficient (Wildman–Crippen LogP) is 4.58. The minimum absolute atomic E-state index is 0.0358. The molecule has 0 radical (unpaired) electrons. The third-order valence-electron chi connectivity index (χ3n) is 3.40. The van der Waals surface area contributed by atoms with Crippen molar-refractivity contribution in [2.75, 3.05) is 12.1 Å². The summed E-state index contributed by atoms with van der Waals surface area (Å²) < 4.78 is 10.6. The summed E-state index contributed by atoms with van der Waals surface area (Å²) in [6.07, 6.45) is 0.726. The molecule has 2 aromatic carbocycles. The molecular formula is C17H16ClNO3S. The van der Waals surface area contributed by atoms with Crippen molar-refractivity contribution in [3.8, 4) is 11.5 Å². The normalized spacial score (nSPS) is 13.7. The van der Waals surface area contributed by atoms with Gasteiger partial charge in [-0.3, -0.25) is 4.79 Å². The first-order valence-corrected chi connectivity index (χ1v) is 8.54. The summed E-state index contributed by atoms with van der Waals surface area (Å²) in [5.41, 5.74) is 0.703. The molecule has 6 heteroatoms. The number of amides is 1. The fourth-order valence-corrected chi connectivity index (χ4v) is 3.28. The molecule has 0 fully saturated rings. The average Bonchev–Trinajstić information content (AvgIpc) is 3.02. The van der Waals surface area contributed by atoms with E-state index in [4.69, 9.17) is 21.1 Å². The van der Waals surface area contributed by atoms with Gasteiger partial charge in [-0.1, -0.05) is 18.5 Å². The Kier molecular flexibility index (Phi) is 4.98. The molecule has 0 saturated heterocycles. The van der Waals surface area contributed by atoms with Crippen LogP contribution < -0.4 is 14.8 Å². The van der Waals surface area contributed by atoms with Crippen LogP contribution in [0.4, 0.5) is 5.69 Å². The van der Waals surface area contributed by atoms with E-state index in [9.17, 15) is 4.79 Å². The van der Waals surface area contributed by atoms with Gasteiger partial charge in [0.25, 0.3) is 0 Å². The van der Waals surface area contributed by atoms with Gasteiger partial charge < -0.3 is 14.8 Å². The molecule has 1 heterocycles. The van der Waals surface area contributed by atoms with Crippen LogP contribution in [0.5, 0.6) is 11.5 Å². The maximum Gasteiger partial charge on any atom is 0.237 e. The first kappa shape index (κ1) is 16.0. The fourth-order valence-electron chi connectivity index (χ4n) is 2.20. The molecule has 3 rings (SSSR count). The van der Waals surface area contributed by atoms with Crippen molar-refractivity contribution in [1.82, 2.24) is 0 Å². The lowest BCUT2D eigenvalue weighted by Crippen LogP contribution is -2.24. The monoisotopic (exact) mass is 349 g/mol. The van der Waals surface area contributed by atoms with Gasteiger partial charge in [0.05, 0.1) is 5.25 Å². The fraction of sp³-hybridized carbons (Fsp3) is 0.235. The predicted molar refractivity (Wildman–Crippen MR) is 92.6 cm³/mol. The minimum atomic E-state index is -0.179. The number of rotatable bonds is 5. The van der Waals surface area contributed by atoms with Crippen LogP contribution in [0.1, 0.15) is 13.3 Å². The molecule has 0 aliphatic carbocycles. The Morgan fingerprint density at radius 1 is 1.22 bits per heavy atom. The van der Waals surface area contributed by atoms with Crippen LogP contribution in [0.2, 0.25) is 5.02 Å². The Morgan fingerprint density at radius 2 is 1.96 bits per heavy atom. The third-order valence-corrected chi connectivity index (χ3v) is 5.02. The van der Waals surface area contributed by atoms with Crippen molar-refractivity contribution < 1.29 is 14.3 Å². The van der Waals surface area contributed by atoms with Gasteiger partial charge in [0, 0.05) is 21.7 Å². The van der Waals surface area contributed by atoms with Gasteiger partial charge in [-0.05, 0) is 42.8 Å². The molecule has 1 aliphatic rings. The van der Waals surface area contributed by atoms with Gasteiger partial charge in [-0.25, -0.2) is 0 Å². The number of halogens is 1. The second kappa shape index (κ2) is 7.15. The lowest BCUT2D eigenvalue weighted by Gasteiger charge is -2.15. The van der Waals surface area contributed by atoms with Crippen LogP contribution in [-0.4, -0.2) is 18.0 Å². The van der Waals surface area contributed by atoms with E-state index in [1.54, 1.807) is 12.1 Å². The molecule has 1 aliphatic heterocycles. The number of thioether (sulfide) groups is 1. The lowest BCUT2D eigenvalue weighted by molar-refractivity contribution is -0.115. The quantitative estimate of drug-likeness (QED) is 0.803. The lowest BCUT2D eigenvalue weighted by atomic mass is 10.2. The summed E-state index contributed by atoms with van der Waals surface area (Å²) in [5.74, 6) is 1.32. The van der Waals surface area contributed by atoms with Crippen LogP contribution in [0, 0.1) is 0 Å². The summed E-state index contributed by atoms with van der Waals surface area (Å²) in [5, 5.41) is 3.44. The number of nitrogens with one attached hydrogen (secondary N) is 1. The van der Waals surface area contributed by atoms with E-state index >= 15 is 0 Å². The van der Waals surface area contributed by atoms with Crippen LogP contribution in [-0.2, 0) is 4.79 Å². The van der Waals surface area contributed by atoms with Gasteiger partial charge in [0.2, 0.25) is 12.7 Å². The number of hydrogen-bond donors (Lipinski definition) is 1. The summed E-state index contributed by atoms with van der Waals surface area (Å²) in [6.45, 7) is 2.21. The first-order chi connectivity index (χ1) is 11.2. The summed E-state index contributed by atoms with van der Waals surface area (Å²) in [7, 11) is 0. The average molecular weight is 350 g/mol. The molecule has 2 aromatic rings. The second-order valence-electron chi connectivity index (χ2n) is 5.03. The highest BCUT2D eigenvalue weighted by Crippen LogP contribution is 2.34. The van der Waals surface area contributed by atoms with E-state index in [0.29, 0.717) is 22.2 Å². The van der Waals surface area contributed by atoms with Crippen LogP contribution in [0.3, 0.4) is 0 Å². The standard InChI is InChI=1S/C17H16ClNO3S/c1-2-16(23-13-6-3-11(18)4-7-13)17(20)19-12-5-8-14-15(9-12)22-10-21-14/h3-9,16H,2,10H2,1H3,(H,19,20)/t16-/m1/s1. The Hall–Kier alpha value is -1.85. The van der Waals surface area contributed by atoms with E-state index in [2.05, 4.69) is 5.32 Å². The molecule has 0 unspecified atom stereocenters. The molecule has 1 amide bonds. The van der Waals surface area contributed by atoms with Crippen molar-refractivity contribution in [3.63, 3.8) is 0 Å². The van der Waals surface area contributed by atoms with Crippen molar-refractivity contribution in [2.45, 2.75) is 23.5 Å². The van der Waals surface area contributed by atoms with E-state index in [1.165, 1.54) is 11.8 Å². The molecule has 1 N–H and O–H groups in total. The maximum atomic E-state index is 12.5. The Balaban J connectivity index is 1.66.